The fourth-order valence-corrected chi connectivity index (χ4v) is 6.10. The molecule has 1 amide bonds. The van der Waals surface area contributed by atoms with Gasteiger partial charge in [-0.15, -0.1) is 0 Å². The molecule has 12 heteroatoms. The van der Waals surface area contributed by atoms with E-state index in [1.54, 1.807) is 6.20 Å². The van der Waals surface area contributed by atoms with E-state index in [1.807, 2.05) is 24.3 Å². The molecule has 2 aliphatic rings. The van der Waals surface area contributed by atoms with E-state index in [2.05, 4.69) is 37.6 Å². The van der Waals surface area contributed by atoms with E-state index in [4.69, 9.17) is 33.3 Å². The third kappa shape index (κ3) is 7.70. The molecular weight excluding hydrogens is 569 g/mol. The van der Waals surface area contributed by atoms with Crippen molar-refractivity contribution >= 4 is 46.5 Å². The second kappa shape index (κ2) is 13.7. The zero-order valence-electron chi connectivity index (χ0n) is 23.8. The van der Waals surface area contributed by atoms with E-state index in [0.29, 0.717) is 23.8 Å². The van der Waals surface area contributed by atoms with Crippen molar-refractivity contribution in [2.24, 2.45) is 28.3 Å². The molecule has 1 atom stereocenters. The van der Waals surface area contributed by atoms with Crippen LogP contribution in [0.25, 0.3) is 0 Å². The Morgan fingerprint density at radius 1 is 1.16 bits per heavy atom. The van der Waals surface area contributed by atoms with Gasteiger partial charge < -0.3 is 27.0 Å². The van der Waals surface area contributed by atoms with Gasteiger partial charge in [-0.25, -0.2) is 19.4 Å². The van der Waals surface area contributed by atoms with E-state index >= 15 is 0 Å². The number of hydrogen-bond acceptors (Lipinski definition) is 7. The topological polar surface area (TPSA) is 158 Å². The van der Waals surface area contributed by atoms with Crippen molar-refractivity contribution in [2.75, 3.05) is 28.6 Å². The summed E-state index contributed by atoms with van der Waals surface area (Å²) in [5, 5.41) is 15.3. The number of carbonyl (C=O) groups is 1. The van der Waals surface area contributed by atoms with Gasteiger partial charge in [0.15, 0.2) is 5.96 Å². The van der Waals surface area contributed by atoms with E-state index in [-0.39, 0.29) is 46.0 Å². The first-order valence-electron chi connectivity index (χ1n) is 14.5. The van der Waals surface area contributed by atoms with Crippen molar-refractivity contribution in [3.8, 4) is 6.07 Å². The predicted molar refractivity (Wildman–Crippen MR) is 167 cm³/mol. The summed E-state index contributed by atoms with van der Waals surface area (Å²) in [6.07, 6.45) is 7.44. The number of aliphatic imine (C=N–C) groups is 1. The number of nitrogens with two attached hydrogens (primary N) is 2. The summed E-state index contributed by atoms with van der Waals surface area (Å²) in [4.78, 5) is 27.9. The summed E-state index contributed by atoms with van der Waals surface area (Å²) < 4.78 is 14.6. The minimum atomic E-state index is -0.721. The number of primary amides is 1. The molecule has 0 bridgehead atoms. The lowest BCUT2D eigenvalue weighted by Gasteiger charge is -2.34. The number of aromatic nitrogens is 2. The van der Waals surface area contributed by atoms with Crippen LogP contribution >= 0.6 is 11.6 Å². The molecule has 10 nitrogen and oxygen atoms in total. The number of halogens is 2. The van der Waals surface area contributed by atoms with Gasteiger partial charge in [-0.2, -0.15) is 5.26 Å². The standard InChI is InChI=1S/C31H35ClFN9O/c32-24-13-20(16-34)14-25(33)28(24)41-30(36)39-27-17-37-31(40-26(27)15-19-8-10-21(11-9-19)29(35)43)38-22-5-4-12-42(18-22)23-6-2-1-3-7-23/h1-3,6-7,13-14,17,19,21-22H,4-5,8-12,15,18H2,(H2,35,43)(H3,36,39,41)(H,37,38,40)/t19-,21+,22-/m1/s1. The van der Waals surface area contributed by atoms with Crippen LogP contribution < -0.4 is 27.0 Å². The van der Waals surface area contributed by atoms with Crippen LogP contribution in [0.3, 0.4) is 0 Å². The van der Waals surface area contributed by atoms with Gasteiger partial charge in [0.05, 0.1) is 34.2 Å². The Balaban J connectivity index is 1.36. The number of amides is 1. The molecule has 6 N–H and O–H groups in total. The number of nitriles is 1. The van der Waals surface area contributed by atoms with Crippen LogP contribution in [0.15, 0.2) is 53.7 Å². The number of nitrogens with zero attached hydrogens (tertiary/aromatic N) is 5. The van der Waals surface area contributed by atoms with Crippen molar-refractivity contribution in [1.29, 1.82) is 5.26 Å². The Morgan fingerprint density at radius 3 is 2.63 bits per heavy atom. The summed E-state index contributed by atoms with van der Waals surface area (Å²) in [6.45, 7) is 1.82. The number of anilines is 3. The molecule has 1 aliphatic carbocycles. The molecule has 224 valence electrons. The zero-order chi connectivity index (χ0) is 30.3. The van der Waals surface area contributed by atoms with Crippen LogP contribution in [0.1, 0.15) is 49.8 Å². The van der Waals surface area contributed by atoms with Gasteiger partial charge in [-0.05, 0) is 75.1 Å². The lowest BCUT2D eigenvalue weighted by Crippen LogP contribution is -2.42. The zero-order valence-corrected chi connectivity index (χ0v) is 24.5. The number of piperidine rings is 1. The molecule has 1 saturated heterocycles. The van der Waals surface area contributed by atoms with Crippen LogP contribution in [0, 0.1) is 29.0 Å². The number of hydrogen-bond donors (Lipinski definition) is 4. The Morgan fingerprint density at radius 2 is 1.93 bits per heavy atom. The normalized spacial score (nSPS) is 20.7. The summed E-state index contributed by atoms with van der Waals surface area (Å²) in [7, 11) is 0. The van der Waals surface area contributed by atoms with Gasteiger partial charge in [0.2, 0.25) is 11.9 Å². The average Bonchev–Trinajstić information content (AvgIpc) is 3.01. The molecule has 3 aromatic rings. The minimum Gasteiger partial charge on any atom is -0.369 e. The fraction of sp³-hybridized carbons (Fsp3) is 0.387. The number of para-hydroxylation sites is 1. The Bertz CT molecular complexity index is 1500. The molecular formula is C31H35ClFN9O. The second-order valence-electron chi connectivity index (χ2n) is 11.2. The van der Waals surface area contributed by atoms with Crippen molar-refractivity contribution in [3.05, 3.63) is 70.8 Å². The fourth-order valence-electron chi connectivity index (χ4n) is 5.84. The molecule has 2 aromatic carbocycles. The van der Waals surface area contributed by atoms with Crippen molar-refractivity contribution in [1.82, 2.24) is 9.97 Å². The maximum atomic E-state index is 14.6. The van der Waals surface area contributed by atoms with Crippen LogP contribution in [-0.2, 0) is 11.2 Å². The smallest absolute Gasteiger partial charge is 0.223 e. The number of guanidine groups is 1. The monoisotopic (exact) mass is 603 g/mol. The quantitative estimate of drug-likeness (QED) is 0.204. The first-order valence-corrected chi connectivity index (χ1v) is 14.9. The SMILES string of the molecule is N#Cc1cc(F)c(N/C(N)=N/c2cnc(N[C@@H]3CCCN(c4ccccc4)C3)nc2C[C@H]2CC[C@@H](C(N)=O)CC2)c(Cl)c1. The number of carbonyl (C=O) groups excluding carboxylic acids is 1. The first-order chi connectivity index (χ1) is 20.8. The van der Waals surface area contributed by atoms with Crippen LogP contribution in [0.5, 0.6) is 0 Å². The van der Waals surface area contributed by atoms with Crippen LogP contribution in [0.4, 0.5) is 27.4 Å². The number of nitrogens with one attached hydrogen (secondary N) is 2. The van der Waals surface area contributed by atoms with Crippen molar-refractivity contribution < 1.29 is 9.18 Å². The van der Waals surface area contributed by atoms with Gasteiger partial charge in [0.1, 0.15) is 11.5 Å². The highest BCUT2D eigenvalue weighted by molar-refractivity contribution is 6.33. The summed E-state index contributed by atoms with van der Waals surface area (Å²) in [5.74, 6) is -0.368. The molecule has 0 spiro atoms. The summed E-state index contributed by atoms with van der Waals surface area (Å²) >= 11 is 6.18. The average molecular weight is 604 g/mol. The van der Waals surface area contributed by atoms with Gasteiger partial charge >= 0.3 is 0 Å². The maximum Gasteiger partial charge on any atom is 0.223 e. The molecule has 2 heterocycles. The Kier molecular flexibility index (Phi) is 9.57. The van der Waals surface area contributed by atoms with Crippen molar-refractivity contribution in [3.63, 3.8) is 0 Å². The lowest BCUT2D eigenvalue weighted by atomic mass is 9.79. The van der Waals surface area contributed by atoms with Gasteiger partial charge in [-0.1, -0.05) is 29.8 Å². The summed E-state index contributed by atoms with van der Waals surface area (Å²) in [5.41, 5.74) is 14.1. The number of benzene rings is 2. The highest BCUT2D eigenvalue weighted by atomic mass is 35.5. The Labute approximate surface area is 255 Å². The van der Waals surface area contributed by atoms with E-state index in [1.165, 1.54) is 11.8 Å². The highest BCUT2D eigenvalue weighted by Gasteiger charge is 2.27. The van der Waals surface area contributed by atoms with E-state index in [0.717, 1.165) is 57.7 Å². The van der Waals surface area contributed by atoms with Gasteiger partial charge in [0.25, 0.3) is 0 Å². The van der Waals surface area contributed by atoms with Gasteiger partial charge in [-0.3, -0.25) is 4.79 Å². The predicted octanol–water partition coefficient (Wildman–Crippen LogP) is 5.11. The molecule has 1 aromatic heterocycles. The Hall–Kier alpha value is -4.43. The molecule has 2 fully saturated rings. The second-order valence-corrected chi connectivity index (χ2v) is 11.6. The molecule has 5 rings (SSSR count). The van der Waals surface area contributed by atoms with Gasteiger partial charge in [0, 0.05) is 30.7 Å². The lowest BCUT2D eigenvalue weighted by molar-refractivity contribution is -0.122. The maximum absolute atomic E-state index is 14.6. The third-order valence-electron chi connectivity index (χ3n) is 8.12. The van der Waals surface area contributed by atoms with E-state index < -0.39 is 5.82 Å². The summed E-state index contributed by atoms with van der Waals surface area (Å²) in [6, 6.07) is 14.8. The molecule has 0 unspecified atom stereocenters. The molecule has 0 radical (unpaired) electrons. The molecule has 1 aliphatic heterocycles. The first kappa shape index (κ1) is 30.0. The molecule has 43 heavy (non-hydrogen) atoms. The van der Waals surface area contributed by atoms with E-state index in [9.17, 15) is 9.18 Å². The molecule has 1 saturated carbocycles. The third-order valence-corrected chi connectivity index (χ3v) is 8.42. The van der Waals surface area contributed by atoms with Crippen LogP contribution in [0.2, 0.25) is 5.02 Å². The van der Waals surface area contributed by atoms with Crippen molar-refractivity contribution in [2.45, 2.75) is 51.0 Å². The number of rotatable bonds is 8. The largest absolute Gasteiger partial charge is 0.369 e. The minimum absolute atomic E-state index is 0.00830. The highest BCUT2D eigenvalue weighted by Crippen LogP contribution is 2.33. The van der Waals surface area contributed by atoms with Crippen LogP contribution in [-0.4, -0.2) is 41.0 Å².